The summed E-state index contributed by atoms with van der Waals surface area (Å²) in [7, 11) is 0. The Hall–Kier alpha value is -8.94. The number of nitrogens with zero attached hydrogens (tertiary/aromatic N) is 4. The summed E-state index contributed by atoms with van der Waals surface area (Å²) in [5.74, 6) is 0.638. The summed E-state index contributed by atoms with van der Waals surface area (Å²) < 4.78 is 208. The first-order valence-corrected chi connectivity index (χ1v) is 28.9. The van der Waals surface area contributed by atoms with Gasteiger partial charge < -0.3 is 17.7 Å². The van der Waals surface area contributed by atoms with E-state index in [9.17, 15) is 0 Å². The molecule has 0 aliphatic heterocycles. The molecule has 0 atom stereocenters. The molecule has 11 rings (SSSR count). The van der Waals surface area contributed by atoms with Gasteiger partial charge in [-0.05, 0) is 134 Å². The third-order valence-electron chi connectivity index (χ3n) is 17.6. The second-order valence-electron chi connectivity index (χ2n) is 26.0. The third-order valence-corrected chi connectivity index (χ3v) is 17.6. The maximum absolute atomic E-state index is 15.6. The van der Waals surface area contributed by atoms with E-state index in [0.29, 0.717) is 72.7 Å². The SMILES string of the molecule is C=CC=c1nc(C(C)(C)C)oc1=CCc1ccc2nc(-c3ccc(C(c4ccc(C(C)(C)C(C)(C)c5nc6cc7cc8nc(-c9ccc(C(c%10ccc(C(C)(C)C)cc%10)(C(F)(F)F)C(F)(F)F)cc9)oc8cc7cc6o5)cc4)(C(F)(F)F)C(F)(F)F)cc3)oc2c1. The Bertz CT molecular complexity index is 4600. The van der Waals surface area contributed by atoms with Crippen LogP contribution in [-0.2, 0) is 38.9 Å². The Morgan fingerprint density at radius 2 is 0.791 bits per heavy atom. The summed E-state index contributed by atoms with van der Waals surface area (Å²) in [6, 6.07) is 27.8. The first-order chi connectivity index (χ1) is 42.3. The Morgan fingerprint density at radius 3 is 1.24 bits per heavy atom. The van der Waals surface area contributed by atoms with Crippen LogP contribution in [-0.4, -0.2) is 44.6 Å². The normalized spacial score (nSPS) is 14.3. The molecule has 0 N–H and O–H groups in total. The molecule has 4 heterocycles. The van der Waals surface area contributed by atoms with Crippen LogP contribution in [0.1, 0.15) is 120 Å². The molecule has 4 aromatic heterocycles. The molecular weight excluding hydrogens is 1200 g/mol. The van der Waals surface area contributed by atoms with E-state index >= 15 is 52.7 Å². The van der Waals surface area contributed by atoms with Gasteiger partial charge in [0.15, 0.2) is 22.2 Å². The van der Waals surface area contributed by atoms with Gasteiger partial charge in [-0.2, -0.15) is 52.7 Å². The average molecular weight is 1260 g/mol. The average Bonchev–Trinajstić information content (AvgIpc) is 0.867. The molecule has 7 aromatic carbocycles. The lowest BCUT2D eigenvalue weighted by atomic mass is 9.63. The fraction of sp³-hybridized carbons (Fsp3) is 0.296. The van der Waals surface area contributed by atoms with Crippen LogP contribution >= 0.6 is 0 Å². The summed E-state index contributed by atoms with van der Waals surface area (Å²) in [6.07, 6.45) is -17.7. The highest BCUT2D eigenvalue weighted by Gasteiger charge is 2.74. The maximum Gasteiger partial charge on any atom is 0.411 e. The Labute approximate surface area is 514 Å². The number of aromatic nitrogens is 4. The van der Waals surface area contributed by atoms with Crippen LogP contribution in [0.2, 0.25) is 0 Å². The summed E-state index contributed by atoms with van der Waals surface area (Å²) in [6.45, 7) is 22.1. The van der Waals surface area contributed by atoms with Gasteiger partial charge in [-0.1, -0.05) is 161 Å². The minimum absolute atomic E-state index is 0.0188. The third kappa shape index (κ3) is 10.8. The van der Waals surface area contributed by atoms with Crippen molar-refractivity contribution in [2.45, 2.75) is 133 Å². The van der Waals surface area contributed by atoms with Crippen molar-refractivity contribution >= 4 is 56.2 Å². The maximum atomic E-state index is 15.6. The van der Waals surface area contributed by atoms with E-state index in [1.165, 1.54) is 24.3 Å². The highest BCUT2D eigenvalue weighted by atomic mass is 19.4. The lowest BCUT2D eigenvalue weighted by Crippen LogP contribution is -2.54. The van der Waals surface area contributed by atoms with Gasteiger partial charge in [0.25, 0.3) is 0 Å². The molecule has 0 saturated carbocycles. The van der Waals surface area contributed by atoms with Crippen molar-refractivity contribution in [3.63, 3.8) is 0 Å². The van der Waals surface area contributed by atoms with Crippen LogP contribution in [0.5, 0.6) is 0 Å². The first-order valence-electron chi connectivity index (χ1n) is 28.9. The van der Waals surface area contributed by atoms with Crippen LogP contribution in [0.25, 0.3) is 79.1 Å². The smallest absolute Gasteiger partial charge is 0.411 e. The predicted octanol–water partition coefficient (Wildman–Crippen LogP) is 19.2. The number of halogens is 12. The Kier molecular flexibility index (Phi) is 15.1. The van der Waals surface area contributed by atoms with Gasteiger partial charge >= 0.3 is 24.7 Å². The fourth-order valence-corrected chi connectivity index (χ4v) is 11.6. The van der Waals surface area contributed by atoms with Crippen molar-refractivity contribution in [3.05, 3.63) is 214 Å². The van der Waals surface area contributed by atoms with E-state index in [0.717, 1.165) is 78.4 Å². The molecule has 0 spiro atoms. The van der Waals surface area contributed by atoms with Gasteiger partial charge in [-0.25, -0.2) is 19.9 Å². The molecule has 0 unspecified atom stereocenters. The molecule has 0 saturated heterocycles. The van der Waals surface area contributed by atoms with Crippen LogP contribution < -0.4 is 10.8 Å². The van der Waals surface area contributed by atoms with E-state index in [1.807, 2.05) is 32.9 Å². The molecule has 472 valence electrons. The van der Waals surface area contributed by atoms with Crippen molar-refractivity contribution in [2.75, 3.05) is 0 Å². The second kappa shape index (κ2) is 21.6. The van der Waals surface area contributed by atoms with Gasteiger partial charge in [0.1, 0.15) is 21.9 Å². The van der Waals surface area contributed by atoms with Crippen LogP contribution in [0.4, 0.5) is 52.7 Å². The monoisotopic (exact) mass is 1260 g/mol. The van der Waals surface area contributed by atoms with E-state index < -0.39 is 74.0 Å². The quantitative estimate of drug-likeness (QED) is 0.111. The zero-order valence-electron chi connectivity index (χ0n) is 50.9. The highest BCUT2D eigenvalue weighted by Crippen LogP contribution is 2.59. The number of benzene rings is 7. The van der Waals surface area contributed by atoms with E-state index in [-0.39, 0.29) is 39.8 Å². The number of rotatable bonds is 12. The molecule has 0 aliphatic carbocycles. The van der Waals surface area contributed by atoms with Crippen LogP contribution in [0.15, 0.2) is 170 Å². The minimum Gasteiger partial charge on any atom is -0.440 e. The van der Waals surface area contributed by atoms with Crippen molar-refractivity contribution in [1.82, 2.24) is 19.9 Å². The number of allylic oxidation sites excluding steroid dienone is 1. The Balaban J connectivity index is 0.845. The number of oxazole rings is 4. The van der Waals surface area contributed by atoms with Crippen LogP contribution in [0.3, 0.4) is 0 Å². The van der Waals surface area contributed by atoms with Crippen molar-refractivity contribution in [1.29, 1.82) is 0 Å². The molecular formula is C71H60F12N4O4. The molecule has 0 aliphatic rings. The second-order valence-corrected chi connectivity index (χ2v) is 26.0. The zero-order chi connectivity index (χ0) is 66.0. The van der Waals surface area contributed by atoms with E-state index in [4.69, 9.17) is 22.7 Å². The highest BCUT2D eigenvalue weighted by molar-refractivity contribution is 6.01. The number of alkyl halides is 12. The van der Waals surface area contributed by atoms with Gasteiger partial charge in [0.05, 0.1) is 5.41 Å². The van der Waals surface area contributed by atoms with Gasteiger partial charge in [-0.3, -0.25) is 0 Å². The first kappa shape index (κ1) is 63.6. The van der Waals surface area contributed by atoms with Crippen LogP contribution in [0, 0.1) is 0 Å². The summed E-state index contributed by atoms with van der Waals surface area (Å²) in [4.78, 5) is 18.4. The molecule has 20 heteroatoms. The minimum atomic E-state index is -5.88. The van der Waals surface area contributed by atoms with Crippen molar-refractivity contribution in [3.8, 4) is 22.9 Å². The van der Waals surface area contributed by atoms with Gasteiger partial charge in [-0.15, -0.1) is 0 Å². The largest absolute Gasteiger partial charge is 0.440 e. The fourth-order valence-electron chi connectivity index (χ4n) is 11.6. The van der Waals surface area contributed by atoms with E-state index in [2.05, 4.69) is 21.5 Å². The molecule has 8 nitrogen and oxygen atoms in total. The molecule has 0 bridgehead atoms. The molecule has 0 fully saturated rings. The lowest BCUT2D eigenvalue weighted by molar-refractivity contribution is -0.290. The standard InChI is InChI=1S/C71H60F12N4O4/c1-12-13-50-54(90-60(86-50)63(5,6)7)33-15-39-14-32-51-55(34-39)88-58(84-51)40-16-20-47(21-17-40)67(70(78,79)80,71(81,82)83)49-30-26-45(27-31-49)64(8,9)65(10,11)61-87-53-36-42-35-52-56(37-43(42)38-57(53)91-61)89-59(85-52)41-18-22-46(23-19-41)66(68(72,73)74,69(75,76)77)48-28-24-44(25-29-48)62(2,3)4/h12-14,16-38H,1,15H2,2-11H3. The van der Waals surface area contributed by atoms with Crippen molar-refractivity contribution in [2.24, 2.45) is 0 Å². The molecule has 91 heavy (non-hydrogen) atoms. The summed E-state index contributed by atoms with van der Waals surface area (Å²) >= 11 is 0. The number of fused-ring (bicyclic) bond motifs is 4. The lowest BCUT2D eigenvalue weighted by Gasteiger charge is -2.41. The number of hydrogen-bond donors (Lipinski definition) is 0. The zero-order valence-corrected chi connectivity index (χ0v) is 50.9. The molecule has 0 radical (unpaired) electrons. The van der Waals surface area contributed by atoms with Gasteiger partial charge in [0.2, 0.25) is 34.4 Å². The summed E-state index contributed by atoms with van der Waals surface area (Å²) in [5.41, 5.74) is -11.6. The van der Waals surface area contributed by atoms with Crippen molar-refractivity contribution < 1.29 is 70.4 Å². The Morgan fingerprint density at radius 1 is 0.385 bits per heavy atom. The van der Waals surface area contributed by atoms with E-state index in [1.54, 1.807) is 97.0 Å². The number of hydrogen-bond acceptors (Lipinski definition) is 8. The van der Waals surface area contributed by atoms with Gasteiger partial charge in [0, 0.05) is 22.0 Å². The molecule has 11 aromatic rings. The topological polar surface area (TPSA) is 104 Å². The predicted molar refractivity (Wildman–Crippen MR) is 325 cm³/mol. The molecule has 0 amide bonds. The summed E-state index contributed by atoms with van der Waals surface area (Å²) in [5, 5.41) is 1.78.